The summed E-state index contributed by atoms with van der Waals surface area (Å²) >= 11 is 0. The van der Waals surface area contributed by atoms with Crippen molar-refractivity contribution in [3.63, 3.8) is 0 Å². The molecule has 0 aliphatic carbocycles. The van der Waals surface area contributed by atoms with Gasteiger partial charge in [0.15, 0.2) is 0 Å². The van der Waals surface area contributed by atoms with E-state index in [1.165, 1.54) is 70.6 Å². The molecule has 0 radical (unpaired) electrons. The molecule has 19 heavy (non-hydrogen) atoms. The molecule has 0 heterocycles. The van der Waals surface area contributed by atoms with Gasteiger partial charge >= 0.3 is 0 Å². The number of aliphatic hydroxyl groups is 1. The lowest BCUT2D eigenvalue weighted by Gasteiger charge is -1.99. The molecule has 1 heteroatoms. The summed E-state index contributed by atoms with van der Waals surface area (Å²) in [5, 5.41) is 8.66. The van der Waals surface area contributed by atoms with Crippen molar-refractivity contribution in [3.05, 3.63) is 24.3 Å². The first-order chi connectivity index (χ1) is 9.41. The third-order valence-corrected chi connectivity index (χ3v) is 3.39. The number of unbranched alkanes of at least 4 members (excludes halogenated alkanes) is 10. The summed E-state index contributed by atoms with van der Waals surface area (Å²) in [6, 6.07) is 0. The van der Waals surface area contributed by atoms with E-state index in [-0.39, 0.29) is 0 Å². The molecule has 0 amide bonds. The van der Waals surface area contributed by atoms with E-state index in [1.807, 2.05) is 0 Å². The Kier molecular flexibility index (Phi) is 16.9. The number of aliphatic hydroxyl groups excluding tert-OH is 1. The normalized spacial score (nSPS) is 11.9. The summed E-state index contributed by atoms with van der Waals surface area (Å²) in [7, 11) is 0. The number of rotatable bonds is 14. The van der Waals surface area contributed by atoms with Crippen LogP contribution in [0.2, 0.25) is 0 Å². The van der Waals surface area contributed by atoms with Crippen LogP contribution >= 0.6 is 0 Å². The van der Waals surface area contributed by atoms with Gasteiger partial charge in [-0.15, -0.1) is 0 Å². The molecule has 1 nitrogen and oxygen atoms in total. The highest BCUT2D eigenvalue weighted by atomic mass is 16.2. The van der Waals surface area contributed by atoms with E-state index in [1.54, 1.807) is 0 Å². The first kappa shape index (κ1) is 18.4. The predicted molar refractivity (Wildman–Crippen MR) is 86.4 cm³/mol. The van der Waals surface area contributed by atoms with Gasteiger partial charge in [0, 0.05) is 6.61 Å². The van der Waals surface area contributed by atoms with Gasteiger partial charge in [0.25, 0.3) is 0 Å². The minimum atomic E-state index is 0.358. The van der Waals surface area contributed by atoms with Crippen LogP contribution in [0.25, 0.3) is 0 Å². The quantitative estimate of drug-likeness (QED) is 0.311. The molecule has 0 bridgehead atoms. The standard InChI is InChI=1S/C18H34O/c1-2-3-4-5-6-7-8-9-10-11-12-13-14-15-16-17-18-19/h6-9,19H,2-5,10-18H2,1H3/b7-6+,9-8+. The first-order valence-electron chi connectivity index (χ1n) is 8.34. The van der Waals surface area contributed by atoms with Crippen molar-refractivity contribution in [1.29, 1.82) is 0 Å². The van der Waals surface area contributed by atoms with Gasteiger partial charge in [-0.25, -0.2) is 0 Å². The zero-order valence-electron chi connectivity index (χ0n) is 12.9. The molecule has 0 aromatic rings. The van der Waals surface area contributed by atoms with Crippen LogP contribution in [0.3, 0.4) is 0 Å². The average Bonchev–Trinajstić information content (AvgIpc) is 2.43. The van der Waals surface area contributed by atoms with Crippen LogP contribution in [-0.2, 0) is 0 Å². The highest BCUT2D eigenvalue weighted by molar-refractivity contribution is 5.02. The second-order valence-corrected chi connectivity index (χ2v) is 5.34. The number of hydrogen-bond donors (Lipinski definition) is 1. The highest BCUT2D eigenvalue weighted by Gasteiger charge is 1.90. The van der Waals surface area contributed by atoms with Crippen LogP contribution < -0.4 is 0 Å². The van der Waals surface area contributed by atoms with E-state index in [2.05, 4.69) is 31.2 Å². The number of hydrogen-bond acceptors (Lipinski definition) is 1. The molecule has 112 valence electrons. The fraction of sp³-hybridized carbons (Fsp3) is 0.778. The van der Waals surface area contributed by atoms with Crippen molar-refractivity contribution in [1.82, 2.24) is 0 Å². The van der Waals surface area contributed by atoms with E-state index >= 15 is 0 Å². The third kappa shape index (κ3) is 17.4. The van der Waals surface area contributed by atoms with Crippen molar-refractivity contribution in [2.75, 3.05) is 6.61 Å². The van der Waals surface area contributed by atoms with Gasteiger partial charge in [0.2, 0.25) is 0 Å². The maximum atomic E-state index is 8.66. The summed E-state index contributed by atoms with van der Waals surface area (Å²) in [6.45, 7) is 2.60. The van der Waals surface area contributed by atoms with Crippen LogP contribution in [-0.4, -0.2) is 11.7 Å². The fourth-order valence-electron chi connectivity index (χ4n) is 2.12. The molecule has 0 saturated carbocycles. The van der Waals surface area contributed by atoms with Gasteiger partial charge < -0.3 is 5.11 Å². The molecule has 0 unspecified atom stereocenters. The molecular formula is C18H34O. The van der Waals surface area contributed by atoms with E-state index in [0.29, 0.717) is 6.61 Å². The average molecular weight is 266 g/mol. The minimum absolute atomic E-state index is 0.358. The van der Waals surface area contributed by atoms with Gasteiger partial charge in [-0.05, 0) is 32.1 Å². The molecule has 0 aliphatic heterocycles. The van der Waals surface area contributed by atoms with Crippen LogP contribution in [0, 0.1) is 0 Å². The molecule has 0 aliphatic rings. The zero-order valence-corrected chi connectivity index (χ0v) is 12.9. The maximum Gasteiger partial charge on any atom is 0.0431 e. The van der Waals surface area contributed by atoms with Crippen molar-refractivity contribution in [2.45, 2.75) is 84.0 Å². The lowest BCUT2D eigenvalue weighted by Crippen LogP contribution is -1.83. The number of allylic oxidation sites excluding steroid dienone is 4. The molecular weight excluding hydrogens is 232 g/mol. The maximum absolute atomic E-state index is 8.66. The Morgan fingerprint density at radius 1 is 0.632 bits per heavy atom. The van der Waals surface area contributed by atoms with Crippen LogP contribution in [0.15, 0.2) is 24.3 Å². The molecule has 0 rings (SSSR count). The van der Waals surface area contributed by atoms with Gasteiger partial charge in [-0.1, -0.05) is 76.2 Å². The molecule has 1 N–H and O–H groups in total. The van der Waals surface area contributed by atoms with Gasteiger partial charge in [0.1, 0.15) is 0 Å². The topological polar surface area (TPSA) is 20.2 Å². The SMILES string of the molecule is CCCCC/C=C/C=C/CCCCCCCCCO. The summed E-state index contributed by atoms with van der Waals surface area (Å²) in [4.78, 5) is 0. The highest BCUT2D eigenvalue weighted by Crippen LogP contribution is 2.08. The van der Waals surface area contributed by atoms with Crippen molar-refractivity contribution < 1.29 is 5.11 Å². The van der Waals surface area contributed by atoms with Gasteiger partial charge in [-0.3, -0.25) is 0 Å². The molecule has 0 aromatic carbocycles. The molecule has 0 spiro atoms. The predicted octanol–water partition coefficient (Wildman–Crippen LogP) is 5.79. The molecule has 0 saturated heterocycles. The third-order valence-electron chi connectivity index (χ3n) is 3.39. The van der Waals surface area contributed by atoms with Gasteiger partial charge in [0.05, 0.1) is 0 Å². The first-order valence-corrected chi connectivity index (χ1v) is 8.34. The second kappa shape index (κ2) is 17.4. The lowest BCUT2D eigenvalue weighted by molar-refractivity contribution is 0.282. The zero-order chi connectivity index (χ0) is 14.0. The Balaban J connectivity index is 3.12. The van der Waals surface area contributed by atoms with E-state index in [4.69, 9.17) is 5.11 Å². The Bertz CT molecular complexity index is 206. The van der Waals surface area contributed by atoms with Crippen molar-refractivity contribution in [3.8, 4) is 0 Å². The summed E-state index contributed by atoms with van der Waals surface area (Å²) in [5.74, 6) is 0. The van der Waals surface area contributed by atoms with E-state index < -0.39 is 0 Å². The second-order valence-electron chi connectivity index (χ2n) is 5.34. The largest absolute Gasteiger partial charge is 0.396 e. The Hall–Kier alpha value is -0.560. The summed E-state index contributed by atoms with van der Waals surface area (Å²) < 4.78 is 0. The summed E-state index contributed by atoms with van der Waals surface area (Å²) in [5.41, 5.74) is 0. The smallest absolute Gasteiger partial charge is 0.0431 e. The van der Waals surface area contributed by atoms with Crippen LogP contribution in [0.4, 0.5) is 0 Å². The van der Waals surface area contributed by atoms with Crippen molar-refractivity contribution >= 4 is 0 Å². The van der Waals surface area contributed by atoms with Crippen LogP contribution in [0.1, 0.15) is 84.0 Å². The van der Waals surface area contributed by atoms with E-state index in [9.17, 15) is 0 Å². The monoisotopic (exact) mass is 266 g/mol. The van der Waals surface area contributed by atoms with E-state index in [0.717, 1.165) is 6.42 Å². The Morgan fingerprint density at radius 3 is 1.63 bits per heavy atom. The van der Waals surface area contributed by atoms with Crippen molar-refractivity contribution in [2.24, 2.45) is 0 Å². The minimum Gasteiger partial charge on any atom is -0.396 e. The molecule has 0 atom stereocenters. The van der Waals surface area contributed by atoms with Gasteiger partial charge in [-0.2, -0.15) is 0 Å². The summed E-state index contributed by atoms with van der Waals surface area (Å²) in [6.07, 6.45) is 24.2. The molecule has 0 fully saturated rings. The Labute approximate surface area is 120 Å². The van der Waals surface area contributed by atoms with Crippen LogP contribution in [0.5, 0.6) is 0 Å². The fourth-order valence-corrected chi connectivity index (χ4v) is 2.12. The lowest BCUT2D eigenvalue weighted by atomic mass is 10.1. The molecule has 0 aromatic heterocycles. The Morgan fingerprint density at radius 2 is 1.11 bits per heavy atom.